The maximum atomic E-state index is 13.5. The summed E-state index contributed by atoms with van der Waals surface area (Å²) in [5.41, 5.74) is 5.91. The van der Waals surface area contributed by atoms with Gasteiger partial charge >= 0.3 is 0 Å². The Morgan fingerprint density at radius 1 is 0.971 bits per heavy atom. The summed E-state index contributed by atoms with van der Waals surface area (Å²) in [7, 11) is 3.36. The summed E-state index contributed by atoms with van der Waals surface area (Å²) in [6, 6.07) is 24.6. The number of ether oxygens (including phenoxy) is 2. The van der Waals surface area contributed by atoms with E-state index in [2.05, 4.69) is 47.4 Å². The molecule has 1 aliphatic carbocycles. The van der Waals surface area contributed by atoms with Crippen LogP contribution in [0.4, 0.5) is 0 Å². The van der Waals surface area contributed by atoms with Crippen LogP contribution in [-0.4, -0.2) is 43.1 Å². The van der Waals surface area contributed by atoms with Gasteiger partial charge in [-0.3, -0.25) is 4.79 Å². The Balaban J connectivity index is 1.39. The lowest BCUT2D eigenvalue weighted by Gasteiger charge is -2.51. The van der Waals surface area contributed by atoms with Crippen molar-refractivity contribution in [3.8, 4) is 11.5 Å². The van der Waals surface area contributed by atoms with Crippen LogP contribution in [0.15, 0.2) is 72.8 Å². The fraction of sp³-hybridized carbons (Fsp3) is 0.300. The Bertz CT molecular complexity index is 1390. The first-order chi connectivity index (χ1) is 17.1. The van der Waals surface area contributed by atoms with Gasteiger partial charge in [0.05, 0.1) is 14.2 Å². The highest BCUT2D eigenvalue weighted by atomic mass is 16.5. The number of hydrogen-bond acceptors (Lipinski definition) is 3. The monoisotopic (exact) mass is 466 g/mol. The third kappa shape index (κ3) is 3.57. The summed E-state index contributed by atoms with van der Waals surface area (Å²) in [5, 5.41) is 1.31. The summed E-state index contributed by atoms with van der Waals surface area (Å²) in [6.07, 6.45) is 2.81. The zero-order chi connectivity index (χ0) is 24.0. The number of aromatic nitrogens is 1. The molecule has 5 heteroatoms. The lowest BCUT2D eigenvalue weighted by Crippen LogP contribution is -2.55. The van der Waals surface area contributed by atoms with Gasteiger partial charge in [-0.2, -0.15) is 0 Å². The highest BCUT2D eigenvalue weighted by Crippen LogP contribution is 2.49. The normalized spacial score (nSPS) is 21.3. The number of carbonyl (C=O) groups is 1. The first kappa shape index (κ1) is 21.8. The van der Waals surface area contributed by atoms with E-state index < -0.39 is 0 Å². The van der Waals surface area contributed by atoms with E-state index >= 15 is 0 Å². The first-order valence-electron chi connectivity index (χ1n) is 12.3. The smallest absolute Gasteiger partial charge is 0.253 e. The first-order valence-corrected chi connectivity index (χ1v) is 12.3. The van der Waals surface area contributed by atoms with Crippen molar-refractivity contribution in [1.29, 1.82) is 0 Å². The predicted molar refractivity (Wildman–Crippen MR) is 137 cm³/mol. The Morgan fingerprint density at radius 3 is 2.57 bits per heavy atom. The Labute approximate surface area is 205 Å². The van der Waals surface area contributed by atoms with E-state index in [1.54, 1.807) is 14.2 Å². The van der Waals surface area contributed by atoms with Crippen molar-refractivity contribution in [3.63, 3.8) is 0 Å². The van der Waals surface area contributed by atoms with Gasteiger partial charge in [-0.25, -0.2) is 0 Å². The Hall–Kier alpha value is -3.73. The van der Waals surface area contributed by atoms with E-state index in [0.29, 0.717) is 11.5 Å². The molecular formula is C30H30N2O3. The lowest BCUT2D eigenvalue weighted by molar-refractivity contribution is 0.0501. The van der Waals surface area contributed by atoms with Crippen LogP contribution in [-0.2, 0) is 18.3 Å². The van der Waals surface area contributed by atoms with E-state index in [0.717, 1.165) is 43.9 Å². The quantitative estimate of drug-likeness (QED) is 0.439. The fourth-order valence-corrected chi connectivity index (χ4v) is 6.28. The van der Waals surface area contributed by atoms with Gasteiger partial charge in [0, 0.05) is 40.7 Å². The molecule has 0 spiro atoms. The molecule has 1 N–H and O–H groups in total. The number of rotatable bonds is 4. The maximum absolute atomic E-state index is 13.5. The van der Waals surface area contributed by atoms with Crippen LogP contribution in [0, 0.1) is 5.92 Å². The van der Waals surface area contributed by atoms with Gasteiger partial charge in [-0.15, -0.1) is 0 Å². The topological polar surface area (TPSA) is 54.6 Å². The number of aromatic amines is 1. The van der Waals surface area contributed by atoms with E-state index in [9.17, 15) is 4.79 Å². The van der Waals surface area contributed by atoms with Gasteiger partial charge in [0.2, 0.25) is 0 Å². The number of nitrogens with zero attached hydrogens (tertiary/aromatic N) is 1. The number of methoxy groups -OCH3 is 2. The van der Waals surface area contributed by atoms with Crippen molar-refractivity contribution in [2.24, 2.45) is 5.92 Å². The molecule has 2 unspecified atom stereocenters. The van der Waals surface area contributed by atoms with Crippen molar-refractivity contribution >= 4 is 16.8 Å². The fourth-order valence-electron chi connectivity index (χ4n) is 6.28. The van der Waals surface area contributed by atoms with Crippen LogP contribution in [0.25, 0.3) is 10.9 Å². The molecule has 2 heterocycles. The van der Waals surface area contributed by atoms with Gasteiger partial charge in [0.15, 0.2) is 0 Å². The van der Waals surface area contributed by atoms with E-state index in [1.165, 1.54) is 27.7 Å². The van der Waals surface area contributed by atoms with Crippen molar-refractivity contribution in [2.75, 3.05) is 27.3 Å². The van der Waals surface area contributed by atoms with Crippen LogP contribution in [0.1, 0.15) is 33.6 Å². The number of nitrogens with one attached hydrogen (secondary N) is 1. The highest BCUT2D eigenvalue weighted by Gasteiger charge is 2.49. The van der Waals surface area contributed by atoms with Gasteiger partial charge < -0.3 is 19.4 Å². The molecule has 3 aromatic carbocycles. The minimum atomic E-state index is -0.0426. The van der Waals surface area contributed by atoms with Crippen molar-refractivity contribution < 1.29 is 14.3 Å². The molecule has 5 nitrogen and oxygen atoms in total. The third-order valence-corrected chi connectivity index (χ3v) is 8.16. The zero-order valence-electron chi connectivity index (χ0n) is 20.2. The Morgan fingerprint density at radius 2 is 1.77 bits per heavy atom. The summed E-state index contributed by atoms with van der Waals surface area (Å²) >= 11 is 0. The second-order valence-corrected chi connectivity index (χ2v) is 9.82. The maximum Gasteiger partial charge on any atom is 0.253 e. The van der Waals surface area contributed by atoms with Crippen LogP contribution >= 0.6 is 0 Å². The molecule has 1 aromatic heterocycles. The SMILES string of the molecule is COc1ccc(C(=O)N2CCC3(c4cccc(OC)c4)Cc4[nH]c5ccccc5c4CC3C2)cc1. The molecule has 1 amide bonds. The molecule has 2 aliphatic rings. The van der Waals surface area contributed by atoms with E-state index in [1.807, 2.05) is 35.2 Å². The second kappa shape index (κ2) is 8.49. The van der Waals surface area contributed by atoms with Gasteiger partial charge in [0.1, 0.15) is 11.5 Å². The van der Waals surface area contributed by atoms with Crippen LogP contribution in [0.5, 0.6) is 11.5 Å². The predicted octanol–water partition coefficient (Wildman–Crippen LogP) is 5.38. The van der Waals surface area contributed by atoms with Gasteiger partial charge in [-0.05, 0) is 78.8 Å². The number of amides is 1. The third-order valence-electron chi connectivity index (χ3n) is 8.16. The van der Waals surface area contributed by atoms with Gasteiger partial charge in [0.25, 0.3) is 5.91 Å². The van der Waals surface area contributed by atoms with E-state index in [4.69, 9.17) is 9.47 Å². The molecule has 35 heavy (non-hydrogen) atoms. The average Bonchev–Trinajstić information content (AvgIpc) is 3.28. The van der Waals surface area contributed by atoms with Crippen LogP contribution in [0.2, 0.25) is 0 Å². The van der Waals surface area contributed by atoms with Crippen LogP contribution < -0.4 is 9.47 Å². The van der Waals surface area contributed by atoms with Gasteiger partial charge in [-0.1, -0.05) is 30.3 Å². The largest absolute Gasteiger partial charge is 0.497 e. The molecule has 1 saturated heterocycles. The van der Waals surface area contributed by atoms with Crippen molar-refractivity contribution in [3.05, 3.63) is 95.2 Å². The molecule has 0 radical (unpaired) electrons. The molecule has 2 atom stereocenters. The standard InChI is InChI=1S/C30H30N2O3/c1-34-23-12-10-20(11-13-23)29(33)32-15-14-30(21-6-5-7-24(16-21)35-2)18-28-26(17-22(30)19-32)25-8-3-4-9-27(25)31-28/h3-13,16,22,31H,14-15,17-19H2,1-2H3. The van der Waals surface area contributed by atoms with Crippen LogP contribution in [0.3, 0.4) is 0 Å². The minimum Gasteiger partial charge on any atom is -0.497 e. The number of piperidine rings is 1. The molecule has 1 aliphatic heterocycles. The number of carbonyl (C=O) groups excluding carboxylic acids is 1. The number of fused-ring (bicyclic) bond motifs is 4. The highest BCUT2D eigenvalue weighted by molar-refractivity contribution is 5.94. The summed E-state index contributed by atoms with van der Waals surface area (Å²) in [5.74, 6) is 2.06. The zero-order valence-corrected chi connectivity index (χ0v) is 20.2. The molecule has 0 bridgehead atoms. The number of likely N-dealkylation sites (tertiary alicyclic amines) is 1. The lowest BCUT2D eigenvalue weighted by atomic mass is 9.58. The minimum absolute atomic E-state index is 0.0426. The molecule has 6 rings (SSSR count). The molecule has 4 aromatic rings. The number of H-pyrrole nitrogens is 1. The summed E-state index contributed by atoms with van der Waals surface area (Å²) in [6.45, 7) is 1.47. The van der Waals surface area contributed by atoms with E-state index in [-0.39, 0.29) is 11.3 Å². The summed E-state index contributed by atoms with van der Waals surface area (Å²) < 4.78 is 10.9. The average molecular weight is 467 g/mol. The Kier molecular flexibility index (Phi) is 5.28. The molecule has 1 fully saturated rings. The molecular weight excluding hydrogens is 436 g/mol. The number of para-hydroxylation sites is 1. The molecule has 178 valence electrons. The number of benzene rings is 3. The van der Waals surface area contributed by atoms with Crippen molar-refractivity contribution in [2.45, 2.75) is 24.7 Å². The van der Waals surface area contributed by atoms with Crippen molar-refractivity contribution in [1.82, 2.24) is 9.88 Å². The second-order valence-electron chi connectivity index (χ2n) is 9.82. The molecule has 0 saturated carbocycles. The number of hydrogen-bond donors (Lipinski definition) is 1. The summed E-state index contributed by atoms with van der Waals surface area (Å²) in [4.78, 5) is 19.2.